The molecule has 0 amide bonds. The molecule has 0 aliphatic heterocycles. The molecular weight excluding hydrogens is 199 g/mol. The van der Waals surface area contributed by atoms with Crippen molar-refractivity contribution in [3.8, 4) is 5.75 Å². The summed E-state index contributed by atoms with van der Waals surface area (Å²) >= 11 is 0. The highest BCUT2D eigenvalue weighted by Crippen LogP contribution is 2.30. The first-order valence-corrected chi connectivity index (χ1v) is 5.21. The van der Waals surface area contributed by atoms with Crippen molar-refractivity contribution in [1.82, 2.24) is 0 Å². The monoisotopic (exact) mass is 210 g/mol. The predicted octanol–water partition coefficient (Wildman–Crippen LogP) is 3.26. The van der Waals surface area contributed by atoms with Crippen LogP contribution in [0.15, 0.2) is 43.7 Å². The van der Waals surface area contributed by atoms with E-state index in [2.05, 4.69) is 17.7 Å². The zero-order valence-electron chi connectivity index (χ0n) is 7.60. The van der Waals surface area contributed by atoms with Gasteiger partial charge in [0.25, 0.3) is 0 Å². The summed E-state index contributed by atoms with van der Waals surface area (Å²) in [6.07, 6.45) is 2.72. The van der Waals surface area contributed by atoms with Crippen molar-refractivity contribution < 1.29 is 13.6 Å². The van der Waals surface area contributed by atoms with Crippen LogP contribution in [0.3, 0.4) is 0 Å². The molecule has 1 atom stereocenters. The predicted molar refractivity (Wildman–Crippen MR) is 57.4 cm³/mol. The number of hydrogen-bond acceptors (Lipinski definition) is 3. The quantitative estimate of drug-likeness (QED) is 0.552. The summed E-state index contributed by atoms with van der Waals surface area (Å²) in [6, 6.07) is 7.14. The molecule has 14 heavy (non-hydrogen) atoms. The maximum Gasteiger partial charge on any atom is 0.418 e. The van der Waals surface area contributed by atoms with E-state index in [9.17, 15) is 4.57 Å². The number of para-hydroxylation sites is 1. The molecule has 0 bridgehead atoms. The normalized spacial score (nSPS) is 11.4. The fourth-order valence-corrected chi connectivity index (χ4v) is 1.47. The third-order valence-electron chi connectivity index (χ3n) is 1.51. The van der Waals surface area contributed by atoms with Crippen LogP contribution in [0.5, 0.6) is 5.75 Å². The molecule has 0 saturated carbocycles. The van der Waals surface area contributed by atoms with E-state index in [-0.39, 0.29) is 0 Å². The lowest BCUT2D eigenvalue weighted by Crippen LogP contribution is -1.85. The topological polar surface area (TPSA) is 35.5 Å². The largest absolute Gasteiger partial charge is 0.427 e. The zero-order valence-corrected chi connectivity index (χ0v) is 8.60. The minimum atomic E-state index is -2.54. The molecule has 74 valence electrons. The molecule has 0 aliphatic rings. The van der Waals surface area contributed by atoms with Gasteiger partial charge < -0.3 is 9.05 Å². The summed E-state index contributed by atoms with van der Waals surface area (Å²) in [4.78, 5) is 0. The van der Waals surface area contributed by atoms with Crippen molar-refractivity contribution in [1.29, 1.82) is 0 Å². The van der Waals surface area contributed by atoms with E-state index in [1.165, 1.54) is 0 Å². The van der Waals surface area contributed by atoms with Crippen LogP contribution in [0.4, 0.5) is 0 Å². The fourth-order valence-electron chi connectivity index (χ4n) is 0.924. The minimum Gasteiger partial charge on any atom is -0.427 e. The smallest absolute Gasteiger partial charge is 0.418 e. The van der Waals surface area contributed by atoms with Gasteiger partial charge in [0.2, 0.25) is 0 Å². The van der Waals surface area contributed by atoms with E-state index in [1.54, 1.807) is 18.2 Å². The summed E-state index contributed by atoms with van der Waals surface area (Å²) in [6.45, 7) is 6.90. The van der Waals surface area contributed by atoms with Gasteiger partial charge >= 0.3 is 8.25 Å². The van der Waals surface area contributed by atoms with Gasteiger partial charge in [-0.05, 0) is 6.07 Å². The number of hydrogen-bond donors (Lipinski definition) is 0. The Kier molecular flexibility index (Phi) is 4.02. The Morgan fingerprint density at radius 1 is 1.29 bits per heavy atom. The fraction of sp³-hybridized carbons (Fsp3) is 0. The van der Waals surface area contributed by atoms with Gasteiger partial charge in [-0.15, -0.1) is 0 Å². The molecule has 0 N–H and O–H groups in total. The maximum atomic E-state index is 11.1. The molecule has 0 radical (unpaired) electrons. The molecular formula is C10H11O3P. The first-order chi connectivity index (χ1) is 6.77. The van der Waals surface area contributed by atoms with Crippen LogP contribution in [0.1, 0.15) is 5.56 Å². The molecule has 0 spiro atoms. The second-order valence-electron chi connectivity index (χ2n) is 2.38. The Labute approximate surface area is 83.6 Å². The van der Waals surface area contributed by atoms with E-state index < -0.39 is 8.25 Å². The summed E-state index contributed by atoms with van der Waals surface area (Å²) < 4.78 is 20.8. The first kappa shape index (κ1) is 10.6. The lowest BCUT2D eigenvalue weighted by molar-refractivity contribution is 0.384. The lowest BCUT2D eigenvalue weighted by atomic mass is 10.2. The number of rotatable bonds is 5. The molecule has 0 aromatic heterocycles. The van der Waals surface area contributed by atoms with Crippen molar-refractivity contribution in [3.63, 3.8) is 0 Å². The molecule has 1 rings (SSSR count). The third-order valence-corrected chi connectivity index (χ3v) is 2.26. The van der Waals surface area contributed by atoms with Crippen molar-refractivity contribution >= 4 is 14.3 Å². The van der Waals surface area contributed by atoms with E-state index in [4.69, 9.17) is 4.52 Å². The standard InChI is InChI=1S/C10H11O3P/c1-3-9-7-5-6-8-10(9)13-14(11)12-4-2/h3-8,14H,1-2H2. The highest BCUT2D eigenvalue weighted by Gasteiger charge is 2.03. The van der Waals surface area contributed by atoms with E-state index in [0.29, 0.717) is 5.75 Å². The van der Waals surface area contributed by atoms with E-state index in [1.807, 2.05) is 12.1 Å². The summed E-state index contributed by atoms with van der Waals surface area (Å²) in [5, 5.41) is 0. The third kappa shape index (κ3) is 2.79. The maximum absolute atomic E-state index is 11.1. The average Bonchev–Trinajstić information content (AvgIpc) is 2.19. The summed E-state index contributed by atoms with van der Waals surface area (Å²) in [5.74, 6) is 0.494. The molecule has 0 aliphatic carbocycles. The second-order valence-corrected chi connectivity index (χ2v) is 3.32. The van der Waals surface area contributed by atoms with Gasteiger partial charge in [0.05, 0.1) is 6.26 Å². The Morgan fingerprint density at radius 2 is 2.00 bits per heavy atom. The Morgan fingerprint density at radius 3 is 2.64 bits per heavy atom. The minimum absolute atomic E-state index is 0.494. The Bertz CT molecular complexity index is 360. The van der Waals surface area contributed by atoms with E-state index >= 15 is 0 Å². The van der Waals surface area contributed by atoms with Crippen LogP contribution < -0.4 is 4.52 Å². The molecule has 4 heteroatoms. The van der Waals surface area contributed by atoms with Crippen LogP contribution in [0, 0.1) is 0 Å². The second kappa shape index (κ2) is 5.30. The van der Waals surface area contributed by atoms with Gasteiger partial charge in [-0.3, -0.25) is 0 Å². The molecule has 0 saturated heterocycles. The van der Waals surface area contributed by atoms with Crippen molar-refractivity contribution in [2.24, 2.45) is 0 Å². The molecule has 1 unspecified atom stereocenters. The van der Waals surface area contributed by atoms with Gasteiger partial charge in [0, 0.05) is 5.56 Å². The van der Waals surface area contributed by atoms with Crippen molar-refractivity contribution in [2.45, 2.75) is 0 Å². The molecule has 3 nitrogen and oxygen atoms in total. The lowest BCUT2D eigenvalue weighted by Gasteiger charge is -2.07. The average molecular weight is 210 g/mol. The van der Waals surface area contributed by atoms with Crippen molar-refractivity contribution in [2.75, 3.05) is 0 Å². The molecule has 1 aromatic carbocycles. The van der Waals surface area contributed by atoms with E-state index in [0.717, 1.165) is 11.8 Å². The Hall–Kier alpha value is -1.47. The van der Waals surface area contributed by atoms with Gasteiger partial charge in [0.15, 0.2) is 0 Å². The SMILES string of the molecule is C=CO[PH](=O)Oc1ccccc1C=C. The Balaban J connectivity index is 2.79. The highest BCUT2D eigenvalue weighted by atomic mass is 31.1. The highest BCUT2D eigenvalue weighted by molar-refractivity contribution is 7.33. The van der Waals surface area contributed by atoms with Crippen molar-refractivity contribution in [3.05, 3.63) is 49.2 Å². The van der Waals surface area contributed by atoms with Crippen LogP contribution in [0.2, 0.25) is 0 Å². The van der Waals surface area contributed by atoms with Gasteiger partial charge in [-0.25, -0.2) is 4.57 Å². The summed E-state index contributed by atoms with van der Waals surface area (Å²) in [7, 11) is -2.54. The summed E-state index contributed by atoms with van der Waals surface area (Å²) in [5.41, 5.74) is 0.776. The van der Waals surface area contributed by atoms with Gasteiger partial charge in [0.1, 0.15) is 5.75 Å². The van der Waals surface area contributed by atoms with Crippen LogP contribution in [-0.2, 0) is 9.09 Å². The molecule has 1 aromatic rings. The van der Waals surface area contributed by atoms with Crippen LogP contribution in [-0.4, -0.2) is 0 Å². The molecule has 0 heterocycles. The van der Waals surface area contributed by atoms with Gasteiger partial charge in [-0.1, -0.05) is 37.4 Å². The first-order valence-electron chi connectivity index (χ1n) is 3.98. The van der Waals surface area contributed by atoms with Crippen LogP contribution in [0.25, 0.3) is 6.08 Å². The van der Waals surface area contributed by atoms with Gasteiger partial charge in [-0.2, -0.15) is 0 Å². The molecule has 0 fully saturated rings. The number of benzene rings is 1. The zero-order chi connectivity index (χ0) is 10.4. The van der Waals surface area contributed by atoms with Crippen LogP contribution >= 0.6 is 8.25 Å².